The van der Waals surface area contributed by atoms with Crippen molar-refractivity contribution in [2.45, 2.75) is 25.6 Å². The van der Waals surface area contributed by atoms with Gasteiger partial charge in [-0.2, -0.15) is 13.2 Å². The molecule has 0 aromatic rings. The number of ether oxygens (including phenoxy) is 2. The minimum absolute atomic E-state index is 0.00971. The predicted molar refractivity (Wildman–Crippen MR) is 66.4 cm³/mol. The Kier molecular flexibility index (Phi) is 7.25. The van der Waals surface area contributed by atoms with Gasteiger partial charge in [0.05, 0.1) is 19.3 Å². The van der Waals surface area contributed by atoms with Crippen LogP contribution in [0.15, 0.2) is 0 Å². The first kappa shape index (κ1) is 17.2. The SMILES string of the molecule is CC(NCCCOCC(F)(F)F)C(=O)N1CCOCC1. The number of hydrogen-bond donors (Lipinski definition) is 1. The van der Waals surface area contributed by atoms with Crippen molar-refractivity contribution < 1.29 is 27.4 Å². The molecule has 1 atom stereocenters. The quantitative estimate of drug-likeness (QED) is 0.706. The largest absolute Gasteiger partial charge is 0.411 e. The third-order valence-electron chi connectivity index (χ3n) is 2.87. The monoisotopic (exact) mass is 298 g/mol. The van der Waals surface area contributed by atoms with Gasteiger partial charge in [0.25, 0.3) is 0 Å². The summed E-state index contributed by atoms with van der Waals surface area (Å²) in [5.74, 6) is -0.00971. The Morgan fingerprint density at radius 1 is 1.40 bits per heavy atom. The molecule has 0 aromatic carbocycles. The van der Waals surface area contributed by atoms with Crippen molar-refractivity contribution in [3.8, 4) is 0 Å². The molecule has 1 fully saturated rings. The lowest BCUT2D eigenvalue weighted by atomic mass is 10.2. The molecule has 0 saturated carbocycles. The highest BCUT2D eigenvalue weighted by Gasteiger charge is 2.27. The summed E-state index contributed by atoms with van der Waals surface area (Å²) in [6.45, 7) is 3.23. The first-order valence-corrected chi connectivity index (χ1v) is 6.64. The van der Waals surface area contributed by atoms with E-state index in [1.54, 1.807) is 11.8 Å². The summed E-state index contributed by atoms with van der Waals surface area (Å²) in [4.78, 5) is 13.7. The lowest BCUT2D eigenvalue weighted by molar-refractivity contribution is -0.173. The molecule has 0 aromatic heterocycles. The van der Waals surface area contributed by atoms with Crippen LogP contribution in [-0.2, 0) is 14.3 Å². The first-order valence-electron chi connectivity index (χ1n) is 6.64. The van der Waals surface area contributed by atoms with E-state index in [2.05, 4.69) is 10.1 Å². The minimum Gasteiger partial charge on any atom is -0.378 e. The van der Waals surface area contributed by atoms with Crippen LogP contribution in [0.4, 0.5) is 13.2 Å². The van der Waals surface area contributed by atoms with Crippen LogP contribution in [0, 0.1) is 0 Å². The summed E-state index contributed by atoms with van der Waals surface area (Å²) in [6, 6.07) is -0.351. The number of rotatable bonds is 7. The standard InChI is InChI=1S/C12H21F3N2O3/c1-10(11(18)17-4-7-19-8-5-17)16-3-2-6-20-9-12(13,14)15/h10,16H,2-9H2,1H3. The maximum Gasteiger partial charge on any atom is 0.411 e. The predicted octanol–water partition coefficient (Wildman–Crippen LogP) is 0.792. The average molecular weight is 298 g/mol. The number of alkyl halides is 3. The normalized spacial score (nSPS) is 18.1. The molecule has 118 valence electrons. The molecule has 1 unspecified atom stereocenters. The van der Waals surface area contributed by atoms with E-state index in [4.69, 9.17) is 4.74 Å². The molecule has 1 saturated heterocycles. The van der Waals surface area contributed by atoms with E-state index < -0.39 is 12.8 Å². The van der Waals surface area contributed by atoms with Gasteiger partial charge >= 0.3 is 6.18 Å². The molecule has 0 spiro atoms. The average Bonchev–Trinajstić information content (AvgIpc) is 2.41. The van der Waals surface area contributed by atoms with Gasteiger partial charge in [0.1, 0.15) is 6.61 Å². The number of morpholine rings is 1. The summed E-state index contributed by atoms with van der Waals surface area (Å²) in [7, 11) is 0. The molecule has 1 aliphatic rings. The highest BCUT2D eigenvalue weighted by atomic mass is 19.4. The van der Waals surface area contributed by atoms with Crippen LogP contribution in [0.3, 0.4) is 0 Å². The van der Waals surface area contributed by atoms with Gasteiger partial charge in [0.15, 0.2) is 0 Å². The molecule has 20 heavy (non-hydrogen) atoms. The molecule has 0 radical (unpaired) electrons. The Morgan fingerprint density at radius 3 is 2.65 bits per heavy atom. The molecule has 1 amide bonds. The van der Waals surface area contributed by atoms with Gasteiger partial charge in [-0.05, 0) is 19.9 Å². The minimum atomic E-state index is -4.28. The maximum atomic E-state index is 12.0. The number of amides is 1. The summed E-state index contributed by atoms with van der Waals surface area (Å²) >= 11 is 0. The van der Waals surface area contributed by atoms with Crippen molar-refractivity contribution in [1.29, 1.82) is 0 Å². The molecular weight excluding hydrogens is 277 g/mol. The molecule has 1 aliphatic heterocycles. The zero-order chi connectivity index (χ0) is 15.0. The Morgan fingerprint density at radius 2 is 2.05 bits per heavy atom. The maximum absolute atomic E-state index is 12.0. The highest BCUT2D eigenvalue weighted by molar-refractivity contribution is 5.81. The molecular formula is C12H21F3N2O3. The van der Waals surface area contributed by atoms with Gasteiger partial charge in [0, 0.05) is 19.7 Å². The summed E-state index contributed by atoms with van der Waals surface area (Å²) in [6.07, 6.45) is -3.86. The fourth-order valence-electron chi connectivity index (χ4n) is 1.83. The second-order valence-corrected chi connectivity index (χ2v) is 4.63. The lowest BCUT2D eigenvalue weighted by Crippen LogP contribution is -2.49. The van der Waals surface area contributed by atoms with Crippen LogP contribution in [0.2, 0.25) is 0 Å². The van der Waals surface area contributed by atoms with Crippen LogP contribution >= 0.6 is 0 Å². The van der Waals surface area contributed by atoms with Gasteiger partial charge in [-0.1, -0.05) is 0 Å². The second-order valence-electron chi connectivity index (χ2n) is 4.63. The smallest absolute Gasteiger partial charge is 0.378 e. The zero-order valence-electron chi connectivity index (χ0n) is 11.5. The van der Waals surface area contributed by atoms with Crippen molar-refractivity contribution >= 4 is 5.91 Å². The second kappa shape index (κ2) is 8.43. The fraction of sp³-hybridized carbons (Fsp3) is 0.917. The molecule has 1 N–H and O–H groups in total. The Bertz CT molecular complexity index is 294. The van der Waals surface area contributed by atoms with Crippen LogP contribution in [0.1, 0.15) is 13.3 Å². The van der Waals surface area contributed by atoms with Crippen molar-refractivity contribution in [3.63, 3.8) is 0 Å². The third-order valence-corrected chi connectivity index (χ3v) is 2.87. The molecule has 1 heterocycles. The summed E-state index contributed by atoms with van der Waals surface area (Å²) < 4.78 is 45.1. The number of halogens is 3. The van der Waals surface area contributed by atoms with Crippen molar-refractivity contribution in [2.75, 3.05) is 46.1 Å². The molecule has 5 nitrogen and oxygen atoms in total. The van der Waals surface area contributed by atoms with E-state index in [1.165, 1.54) is 0 Å². The van der Waals surface area contributed by atoms with E-state index >= 15 is 0 Å². The van der Waals surface area contributed by atoms with E-state index in [9.17, 15) is 18.0 Å². The van der Waals surface area contributed by atoms with Gasteiger partial charge < -0.3 is 19.7 Å². The molecule has 0 aliphatic carbocycles. The van der Waals surface area contributed by atoms with Crippen LogP contribution in [-0.4, -0.2) is 69.1 Å². The van der Waals surface area contributed by atoms with Crippen LogP contribution in [0.25, 0.3) is 0 Å². The molecule has 0 bridgehead atoms. The Hall–Kier alpha value is -0.860. The molecule has 8 heteroatoms. The number of hydrogen-bond acceptors (Lipinski definition) is 4. The molecule has 1 rings (SSSR count). The van der Waals surface area contributed by atoms with Crippen LogP contribution in [0.5, 0.6) is 0 Å². The van der Waals surface area contributed by atoms with Gasteiger partial charge in [-0.3, -0.25) is 4.79 Å². The van der Waals surface area contributed by atoms with Crippen LogP contribution < -0.4 is 5.32 Å². The highest BCUT2D eigenvalue weighted by Crippen LogP contribution is 2.14. The van der Waals surface area contributed by atoms with E-state index in [0.717, 1.165) is 0 Å². The van der Waals surface area contributed by atoms with Gasteiger partial charge in [-0.15, -0.1) is 0 Å². The number of carbonyl (C=O) groups excluding carboxylic acids is 1. The number of nitrogens with one attached hydrogen (secondary N) is 1. The van der Waals surface area contributed by atoms with E-state index in [1.807, 2.05) is 0 Å². The van der Waals surface area contributed by atoms with Gasteiger partial charge in [-0.25, -0.2) is 0 Å². The van der Waals surface area contributed by atoms with Crippen molar-refractivity contribution in [3.05, 3.63) is 0 Å². The number of carbonyl (C=O) groups is 1. The topological polar surface area (TPSA) is 50.8 Å². The van der Waals surface area contributed by atoms with Crippen molar-refractivity contribution in [1.82, 2.24) is 10.2 Å². The Balaban J connectivity index is 2.07. The lowest BCUT2D eigenvalue weighted by Gasteiger charge is -2.29. The van der Waals surface area contributed by atoms with Gasteiger partial charge in [0.2, 0.25) is 5.91 Å². The first-order chi connectivity index (χ1) is 9.40. The van der Waals surface area contributed by atoms with E-state index in [0.29, 0.717) is 39.3 Å². The summed E-state index contributed by atoms with van der Waals surface area (Å²) in [5, 5.41) is 2.98. The zero-order valence-corrected chi connectivity index (χ0v) is 11.5. The third kappa shape index (κ3) is 7.06. The Labute approximate surface area is 116 Å². The fourth-order valence-corrected chi connectivity index (χ4v) is 1.83. The number of nitrogens with zero attached hydrogens (tertiary/aromatic N) is 1. The van der Waals surface area contributed by atoms with E-state index in [-0.39, 0.29) is 18.6 Å². The van der Waals surface area contributed by atoms with Crippen molar-refractivity contribution in [2.24, 2.45) is 0 Å². The summed E-state index contributed by atoms with van der Waals surface area (Å²) in [5.41, 5.74) is 0.